The van der Waals surface area contributed by atoms with Crippen LogP contribution in [0.5, 0.6) is 0 Å². The zero-order valence-electron chi connectivity index (χ0n) is 13.4. The molecule has 1 spiro atoms. The number of rotatable bonds is 3. The summed E-state index contributed by atoms with van der Waals surface area (Å²) in [5.74, 6) is 0.0875. The zero-order chi connectivity index (χ0) is 14.8. The van der Waals surface area contributed by atoms with Gasteiger partial charge in [-0.2, -0.15) is 0 Å². The molecular weight excluding hydrogens is 252 g/mol. The van der Waals surface area contributed by atoms with E-state index >= 15 is 0 Å². The van der Waals surface area contributed by atoms with Gasteiger partial charge < -0.3 is 15.4 Å². The lowest BCUT2D eigenvalue weighted by molar-refractivity contribution is -0.125. The minimum Gasteiger partial charge on any atom is -0.375 e. The molecule has 0 aromatic heterocycles. The highest BCUT2D eigenvalue weighted by Gasteiger charge is 2.40. The average Bonchev–Trinajstić information content (AvgIpc) is 2.75. The summed E-state index contributed by atoms with van der Waals surface area (Å²) in [4.78, 5) is 12.1. The lowest BCUT2D eigenvalue weighted by Crippen LogP contribution is -2.54. The van der Waals surface area contributed by atoms with Gasteiger partial charge in [0.2, 0.25) is 5.91 Å². The van der Waals surface area contributed by atoms with Gasteiger partial charge in [-0.05, 0) is 53.4 Å². The van der Waals surface area contributed by atoms with Gasteiger partial charge in [-0.25, -0.2) is 0 Å². The Kier molecular flexibility index (Phi) is 4.75. The summed E-state index contributed by atoms with van der Waals surface area (Å²) in [6, 6.07) is 0.262. The Bertz CT molecular complexity index is 343. The number of ether oxygens (including phenoxy) is 1. The third kappa shape index (κ3) is 4.19. The molecule has 2 atom stereocenters. The van der Waals surface area contributed by atoms with E-state index in [0.717, 1.165) is 19.4 Å². The van der Waals surface area contributed by atoms with Crippen molar-refractivity contribution < 1.29 is 9.53 Å². The molecule has 2 aliphatic rings. The third-order valence-corrected chi connectivity index (χ3v) is 4.38. The van der Waals surface area contributed by atoms with Crippen LogP contribution < -0.4 is 10.6 Å². The van der Waals surface area contributed by atoms with Crippen molar-refractivity contribution in [2.24, 2.45) is 0 Å². The van der Waals surface area contributed by atoms with Crippen LogP contribution in [0.15, 0.2) is 0 Å². The maximum atomic E-state index is 12.1. The Morgan fingerprint density at radius 1 is 1.30 bits per heavy atom. The largest absolute Gasteiger partial charge is 0.375 e. The Morgan fingerprint density at radius 2 is 1.95 bits per heavy atom. The van der Waals surface area contributed by atoms with Gasteiger partial charge in [-0.1, -0.05) is 12.8 Å². The maximum Gasteiger partial charge on any atom is 0.237 e. The van der Waals surface area contributed by atoms with Gasteiger partial charge in [-0.15, -0.1) is 0 Å². The molecule has 0 aromatic carbocycles. The molecule has 4 heteroatoms. The van der Waals surface area contributed by atoms with Crippen LogP contribution in [0.2, 0.25) is 0 Å². The highest BCUT2D eigenvalue weighted by Crippen LogP contribution is 2.40. The SMILES string of the molecule is CC(NC1CCOC2(CCCC2)C1)C(=O)NC(C)(C)C. The molecule has 1 aliphatic heterocycles. The van der Waals surface area contributed by atoms with E-state index in [1.54, 1.807) is 0 Å². The molecule has 1 aliphatic carbocycles. The lowest BCUT2D eigenvalue weighted by atomic mass is 9.88. The van der Waals surface area contributed by atoms with Crippen molar-refractivity contribution >= 4 is 5.91 Å². The normalized spacial score (nSPS) is 27.5. The molecule has 1 saturated heterocycles. The lowest BCUT2D eigenvalue weighted by Gasteiger charge is -2.39. The first-order chi connectivity index (χ1) is 9.30. The topological polar surface area (TPSA) is 50.4 Å². The molecule has 0 bridgehead atoms. The zero-order valence-corrected chi connectivity index (χ0v) is 13.4. The van der Waals surface area contributed by atoms with Crippen molar-refractivity contribution in [3.8, 4) is 0 Å². The van der Waals surface area contributed by atoms with Gasteiger partial charge in [0.25, 0.3) is 0 Å². The Labute approximate surface area is 123 Å². The second kappa shape index (κ2) is 6.02. The van der Waals surface area contributed by atoms with Gasteiger partial charge in [0.05, 0.1) is 11.6 Å². The average molecular weight is 282 g/mol. The van der Waals surface area contributed by atoms with E-state index in [0.29, 0.717) is 6.04 Å². The van der Waals surface area contributed by atoms with E-state index in [4.69, 9.17) is 4.74 Å². The molecule has 0 radical (unpaired) electrons. The Morgan fingerprint density at radius 3 is 2.55 bits per heavy atom. The number of nitrogens with one attached hydrogen (secondary N) is 2. The number of carbonyl (C=O) groups is 1. The van der Waals surface area contributed by atoms with Crippen LogP contribution in [0.3, 0.4) is 0 Å². The van der Waals surface area contributed by atoms with Crippen LogP contribution in [-0.4, -0.2) is 35.7 Å². The van der Waals surface area contributed by atoms with Crippen LogP contribution in [0, 0.1) is 0 Å². The van der Waals surface area contributed by atoms with E-state index < -0.39 is 0 Å². The highest BCUT2D eigenvalue weighted by molar-refractivity contribution is 5.81. The fourth-order valence-corrected chi connectivity index (χ4v) is 3.44. The number of carbonyl (C=O) groups excluding carboxylic acids is 1. The molecule has 1 amide bonds. The first kappa shape index (κ1) is 15.8. The second-order valence-corrected chi connectivity index (χ2v) is 7.56. The quantitative estimate of drug-likeness (QED) is 0.835. The summed E-state index contributed by atoms with van der Waals surface area (Å²) in [6.07, 6.45) is 7.01. The fourth-order valence-electron chi connectivity index (χ4n) is 3.44. The predicted octanol–water partition coefficient (Wildman–Crippen LogP) is 2.37. The molecule has 0 aromatic rings. The minimum atomic E-state index is -0.171. The van der Waals surface area contributed by atoms with Crippen molar-refractivity contribution in [3.05, 3.63) is 0 Å². The molecule has 20 heavy (non-hydrogen) atoms. The van der Waals surface area contributed by atoms with Crippen molar-refractivity contribution in [2.75, 3.05) is 6.61 Å². The van der Waals surface area contributed by atoms with Gasteiger partial charge in [0, 0.05) is 18.2 Å². The van der Waals surface area contributed by atoms with Crippen molar-refractivity contribution in [1.29, 1.82) is 0 Å². The summed E-state index contributed by atoms with van der Waals surface area (Å²) in [7, 11) is 0. The van der Waals surface area contributed by atoms with Gasteiger partial charge >= 0.3 is 0 Å². The number of amides is 1. The maximum absolute atomic E-state index is 12.1. The van der Waals surface area contributed by atoms with Crippen LogP contribution >= 0.6 is 0 Å². The van der Waals surface area contributed by atoms with Gasteiger partial charge in [-0.3, -0.25) is 4.79 Å². The standard InChI is InChI=1S/C16H30N2O2/c1-12(14(19)18-15(2,3)4)17-13-7-10-20-16(11-13)8-5-6-9-16/h12-13,17H,5-11H2,1-4H3,(H,18,19). The first-order valence-corrected chi connectivity index (χ1v) is 8.02. The number of hydrogen-bond acceptors (Lipinski definition) is 3. The van der Waals surface area contributed by atoms with Crippen molar-refractivity contribution in [3.63, 3.8) is 0 Å². The van der Waals surface area contributed by atoms with E-state index in [9.17, 15) is 4.79 Å². The molecule has 2 unspecified atom stereocenters. The van der Waals surface area contributed by atoms with E-state index in [1.165, 1.54) is 25.7 Å². The summed E-state index contributed by atoms with van der Waals surface area (Å²) in [5.41, 5.74) is -0.0640. The molecule has 1 heterocycles. The van der Waals surface area contributed by atoms with E-state index in [2.05, 4.69) is 10.6 Å². The summed E-state index contributed by atoms with van der Waals surface area (Å²) >= 11 is 0. The van der Waals surface area contributed by atoms with Crippen LogP contribution in [0.4, 0.5) is 0 Å². The summed E-state index contributed by atoms with van der Waals surface area (Å²) < 4.78 is 6.04. The van der Waals surface area contributed by atoms with Crippen LogP contribution in [0.1, 0.15) is 66.2 Å². The summed E-state index contributed by atoms with van der Waals surface area (Å²) in [6.45, 7) is 8.82. The first-order valence-electron chi connectivity index (χ1n) is 8.02. The fraction of sp³-hybridized carbons (Fsp3) is 0.938. The Balaban J connectivity index is 1.84. The van der Waals surface area contributed by atoms with E-state index in [-0.39, 0.29) is 23.1 Å². The second-order valence-electron chi connectivity index (χ2n) is 7.56. The molecule has 2 rings (SSSR count). The van der Waals surface area contributed by atoms with Crippen LogP contribution in [0.25, 0.3) is 0 Å². The molecule has 1 saturated carbocycles. The van der Waals surface area contributed by atoms with Crippen LogP contribution in [-0.2, 0) is 9.53 Å². The smallest absolute Gasteiger partial charge is 0.237 e. The van der Waals surface area contributed by atoms with Crippen molar-refractivity contribution in [2.45, 2.75) is 89.4 Å². The molecule has 2 N–H and O–H groups in total. The van der Waals surface area contributed by atoms with E-state index in [1.807, 2.05) is 27.7 Å². The van der Waals surface area contributed by atoms with Gasteiger partial charge in [0.1, 0.15) is 0 Å². The summed E-state index contributed by atoms with van der Waals surface area (Å²) in [5, 5.41) is 6.54. The number of hydrogen-bond donors (Lipinski definition) is 2. The molecule has 4 nitrogen and oxygen atoms in total. The minimum absolute atomic E-state index is 0.0875. The van der Waals surface area contributed by atoms with Gasteiger partial charge in [0.15, 0.2) is 0 Å². The Hall–Kier alpha value is -0.610. The highest BCUT2D eigenvalue weighted by atomic mass is 16.5. The predicted molar refractivity (Wildman–Crippen MR) is 80.7 cm³/mol. The molecular formula is C16H30N2O2. The monoisotopic (exact) mass is 282 g/mol. The van der Waals surface area contributed by atoms with Crippen molar-refractivity contribution in [1.82, 2.24) is 10.6 Å². The molecule has 2 fully saturated rings. The molecule has 116 valence electrons. The third-order valence-electron chi connectivity index (χ3n) is 4.38.